The van der Waals surface area contributed by atoms with E-state index in [1.165, 1.54) is 24.3 Å². The molecule has 0 bridgehead atoms. The summed E-state index contributed by atoms with van der Waals surface area (Å²) in [5, 5.41) is 8.76. The summed E-state index contributed by atoms with van der Waals surface area (Å²) >= 11 is 0. The fourth-order valence-electron chi connectivity index (χ4n) is 1.67. The molecule has 0 atom stereocenters. The molecule has 5 nitrogen and oxygen atoms in total. The van der Waals surface area contributed by atoms with Crippen molar-refractivity contribution in [2.45, 2.75) is 20.0 Å². The van der Waals surface area contributed by atoms with Gasteiger partial charge in [0.2, 0.25) is 0 Å². The van der Waals surface area contributed by atoms with E-state index >= 15 is 0 Å². The zero-order valence-electron chi connectivity index (χ0n) is 10.9. The molecule has 0 aliphatic rings. The molecule has 0 heterocycles. The molecule has 1 aromatic carbocycles. The van der Waals surface area contributed by atoms with Gasteiger partial charge in [0, 0.05) is 12.1 Å². The Morgan fingerprint density at radius 1 is 1.40 bits per heavy atom. The van der Waals surface area contributed by atoms with Gasteiger partial charge < -0.3 is 14.7 Å². The van der Waals surface area contributed by atoms with Gasteiger partial charge in [0.25, 0.3) is 5.91 Å². The van der Waals surface area contributed by atoms with Gasteiger partial charge in [-0.1, -0.05) is 13.0 Å². The monoisotopic (exact) mass is 287 g/mol. The lowest BCUT2D eigenvalue weighted by Crippen LogP contribution is -2.36. The summed E-state index contributed by atoms with van der Waals surface area (Å²) in [6.45, 7) is -1.35. The summed E-state index contributed by atoms with van der Waals surface area (Å²) in [5.41, 5.74) is 0.109. The van der Waals surface area contributed by atoms with Crippen LogP contribution in [0, 0.1) is 0 Å². The van der Waals surface area contributed by atoms with Crippen LogP contribution in [0.4, 0.5) is 8.78 Å². The van der Waals surface area contributed by atoms with E-state index in [0.717, 1.165) is 4.90 Å². The first-order chi connectivity index (χ1) is 9.43. The molecule has 0 aromatic heterocycles. The number of carbonyl (C=O) groups is 2. The number of hydrogen-bond donors (Lipinski definition) is 1. The van der Waals surface area contributed by atoms with E-state index in [9.17, 15) is 18.4 Å². The van der Waals surface area contributed by atoms with Crippen LogP contribution >= 0.6 is 0 Å². The molecule has 1 amide bonds. The lowest BCUT2D eigenvalue weighted by atomic mass is 10.2. The van der Waals surface area contributed by atoms with Crippen LogP contribution in [-0.2, 0) is 4.79 Å². The third kappa shape index (κ3) is 4.83. The maximum Gasteiger partial charge on any atom is 0.387 e. The lowest BCUT2D eigenvalue weighted by Gasteiger charge is -2.20. The number of ether oxygens (including phenoxy) is 1. The largest absolute Gasteiger partial charge is 0.480 e. The van der Waals surface area contributed by atoms with E-state index in [1.807, 2.05) is 0 Å². The van der Waals surface area contributed by atoms with Crippen molar-refractivity contribution in [3.05, 3.63) is 29.8 Å². The third-order valence-electron chi connectivity index (χ3n) is 2.41. The van der Waals surface area contributed by atoms with E-state index < -0.39 is 25.0 Å². The molecule has 1 N–H and O–H groups in total. The van der Waals surface area contributed by atoms with Crippen LogP contribution in [0.1, 0.15) is 23.7 Å². The number of amides is 1. The van der Waals surface area contributed by atoms with Gasteiger partial charge >= 0.3 is 12.6 Å². The second-order valence-corrected chi connectivity index (χ2v) is 4.03. The van der Waals surface area contributed by atoms with Gasteiger partial charge in [-0.3, -0.25) is 9.59 Å². The number of halogens is 2. The van der Waals surface area contributed by atoms with Gasteiger partial charge in [-0.05, 0) is 24.6 Å². The van der Waals surface area contributed by atoms with Crippen molar-refractivity contribution in [3.8, 4) is 5.75 Å². The summed E-state index contributed by atoms with van der Waals surface area (Å²) < 4.78 is 28.4. The molecule has 1 rings (SSSR count). The predicted octanol–water partition coefficient (Wildman–Crippen LogP) is 2.22. The van der Waals surface area contributed by atoms with Crippen molar-refractivity contribution in [2.24, 2.45) is 0 Å². The second-order valence-electron chi connectivity index (χ2n) is 4.03. The van der Waals surface area contributed by atoms with Crippen LogP contribution in [0.2, 0.25) is 0 Å². The highest BCUT2D eigenvalue weighted by molar-refractivity contribution is 5.96. The van der Waals surface area contributed by atoms with Crippen LogP contribution in [0.5, 0.6) is 5.75 Å². The van der Waals surface area contributed by atoms with Crippen molar-refractivity contribution in [1.29, 1.82) is 0 Å². The quantitative estimate of drug-likeness (QED) is 0.835. The van der Waals surface area contributed by atoms with Gasteiger partial charge in [0.15, 0.2) is 0 Å². The van der Waals surface area contributed by atoms with Crippen molar-refractivity contribution in [3.63, 3.8) is 0 Å². The fourth-order valence-corrected chi connectivity index (χ4v) is 1.67. The van der Waals surface area contributed by atoms with Gasteiger partial charge in [-0.25, -0.2) is 0 Å². The normalized spacial score (nSPS) is 10.4. The number of alkyl halides is 2. The molecule has 0 saturated heterocycles. The SMILES string of the molecule is CCCN(CC(=O)O)C(=O)c1cccc(OC(F)F)c1. The highest BCUT2D eigenvalue weighted by Crippen LogP contribution is 2.17. The minimum absolute atomic E-state index is 0.109. The number of carbonyl (C=O) groups excluding carboxylic acids is 1. The molecular formula is C13H15F2NO4. The van der Waals surface area contributed by atoms with Gasteiger partial charge in [0.05, 0.1) is 0 Å². The summed E-state index contributed by atoms with van der Waals surface area (Å²) in [6, 6.07) is 5.28. The third-order valence-corrected chi connectivity index (χ3v) is 2.41. The van der Waals surface area contributed by atoms with E-state index in [-0.39, 0.29) is 17.9 Å². The minimum atomic E-state index is -2.98. The van der Waals surface area contributed by atoms with Crippen molar-refractivity contribution < 1.29 is 28.2 Å². The second kappa shape index (κ2) is 7.42. The molecule has 0 spiro atoms. The van der Waals surface area contributed by atoms with Crippen LogP contribution < -0.4 is 4.74 Å². The van der Waals surface area contributed by atoms with Crippen LogP contribution in [0.15, 0.2) is 24.3 Å². The molecule has 0 fully saturated rings. The summed E-state index contributed by atoms with van der Waals surface area (Å²) in [6.07, 6.45) is 0.590. The first kappa shape index (κ1) is 15.9. The van der Waals surface area contributed by atoms with E-state index in [4.69, 9.17) is 5.11 Å². The van der Waals surface area contributed by atoms with Gasteiger partial charge in [0.1, 0.15) is 12.3 Å². The zero-order chi connectivity index (χ0) is 15.1. The van der Waals surface area contributed by atoms with Crippen molar-refractivity contribution in [2.75, 3.05) is 13.1 Å². The maximum absolute atomic E-state index is 12.1. The topological polar surface area (TPSA) is 66.8 Å². The molecule has 7 heteroatoms. The first-order valence-electron chi connectivity index (χ1n) is 6.00. The van der Waals surface area contributed by atoms with Crippen molar-refractivity contribution >= 4 is 11.9 Å². The Morgan fingerprint density at radius 2 is 2.10 bits per heavy atom. The zero-order valence-corrected chi connectivity index (χ0v) is 10.9. The Hall–Kier alpha value is -2.18. The minimum Gasteiger partial charge on any atom is -0.480 e. The highest BCUT2D eigenvalue weighted by atomic mass is 19.3. The Balaban J connectivity index is 2.90. The van der Waals surface area contributed by atoms with E-state index in [1.54, 1.807) is 6.92 Å². The predicted molar refractivity (Wildman–Crippen MR) is 66.9 cm³/mol. The highest BCUT2D eigenvalue weighted by Gasteiger charge is 2.18. The standard InChI is InChI=1S/C13H15F2NO4/c1-2-6-16(8-11(17)18)12(19)9-4-3-5-10(7-9)20-13(14)15/h3-5,7,13H,2,6,8H2,1H3,(H,17,18). The molecule has 0 aliphatic carbocycles. The summed E-state index contributed by atoms with van der Waals surface area (Å²) in [7, 11) is 0. The van der Waals surface area contributed by atoms with Crippen LogP contribution in [0.25, 0.3) is 0 Å². The summed E-state index contributed by atoms with van der Waals surface area (Å²) in [4.78, 5) is 24.0. The smallest absolute Gasteiger partial charge is 0.387 e. The Kier molecular flexibility index (Phi) is 5.89. The Bertz CT molecular complexity index is 479. The Morgan fingerprint density at radius 3 is 2.65 bits per heavy atom. The molecule has 20 heavy (non-hydrogen) atoms. The number of aliphatic carboxylic acids is 1. The molecule has 0 saturated carbocycles. The summed E-state index contributed by atoms with van der Waals surface area (Å²) in [5.74, 6) is -1.81. The van der Waals surface area contributed by atoms with E-state index in [2.05, 4.69) is 4.74 Å². The molecule has 0 aliphatic heterocycles. The van der Waals surface area contributed by atoms with Gasteiger partial charge in [-0.2, -0.15) is 8.78 Å². The molecule has 0 radical (unpaired) electrons. The van der Waals surface area contributed by atoms with Gasteiger partial charge in [-0.15, -0.1) is 0 Å². The number of hydrogen-bond acceptors (Lipinski definition) is 3. The first-order valence-corrected chi connectivity index (χ1v) is 6.00. The van der Waals surface area contributed by atoms with Crippen LogP contribution in [0.3, 0.4) is 0 Å². The molecular weight excluding hydrogens is 272 g/mol. The van der Waals surface area contributed by atoms with E-state index in [0.29, 0.717) is 6.42 Å². The Labute approximate surface area is 114 Å². The molecule has 1 aromatic rings. The average Bonchev–Trinajstić information content (AvgIpc) is 2.36. The number of nitrogens with zero attached hydrogens (tertiary/aromatic N) is 1. The molecule has 110 valence electrons. The molecule has 0 unspecified atom stereocenters. The lowest BCUT2D eigenvalue weighted by molar-refractivity contribution is -0.137. The number of carboxylic acid groups (broad SMARTS) is 1. The number of benzene rings is 1. The fraction of sp³-hybridized carbons (Fsp3) is 0.385. The van der Waals surface area contributed by atoms with Crippen LogP contribution in [-0.4, -0.2) is 41.6 Å². The average molecular weight is 287 g/mol. The van der Waals surface area contributed by atoms with Crippen molar-refractivity contribution in [1.82, 2.24) is 4.90 Å². The number of carboxylic acids is 1. The number of rotatable bonds is 7. The maximum atomic E-state index is 12.1.